The van der Waals surface area contributed by atoms with Crippen molar-refractivity contribution in [3.05, 3.63) is 93.8 Å². The number of nitrogens with zero attached hydrogens (tertiary/aromatic N) is 3. The molecule has 176 valence electrons. The number of carbonyl (C=O) groups excluding carboxylic acids is 1. The normalized spacial score (nSPS) is 17.6. The topological polar surface area (TPSA) is 71.3 Å². The Kier molecular flexibility index (Phi) is 5.49. The Labute approximate surface area is 208 Å². The number of hydrogen-bond donors (Lipinski definition) is 1. The van der Waals surface area contributed by atoms with Gasteiger partial charge in [-0.1, -0.05) is 48.5 Å². The van der Waals surface area contributed by atoms with Crippen molar-refractivity contribution in [1.29, 1.82) is 0 Å². The molecule has 2 aliphatic rings. The Hall–Kier alpha value is -3.71. The summed E-state index contributed by atoms with van der Waals surface area (Å²) in [5.74, 6) is 0.970. The first kappa shape index (κ1) is 21.8. The summed E-state index contributed by atoms with van der Waals surface area (Å²) in [5, 5.41) is 9.45. The van der Waals surface area contributed by atoms with E-state index in [2.05, 4.69) is 53.8 Å². The summed E-state index contributed by atoms with van der Waals surface area (Å²) in [7, 11) is 0. The molecule has 7 heteroatoms. The van der Waals surface area contributed by atoms with Crippen LogP contribution in [0.3, 0.4) is 0 Å². The number of amides is 2. The number of hydrogen-bond acceptors (Lipinski definition) is 5. The third kappa shape index (κ3) is 3.86. The number of benzene rings is 2. The number of nitrogens with one attached hydrogen (secondary N) is 1. The first-order chi connectivity index (χ1) is 17.1. The highest BCUT2D eigenvalue weighted by Crippen LogP contribution is 2.40. The van der Waals surface area contributed by atoms with Gasteiger partial charge in [0.25, 0.3) is 5.89 Å². The molecule has 1 aliphatic heterocycles. The van der Waals surface area contributed by atoms with Crippen molar-refractivity contribution in [3.8, 4) is 10.7 Å². The van der Waals surface area contributed by atoms with Crippen LogP contribution in [0, 0.1) is 0 Å². The number of allylic oxidation sites excluding steroid dienone is 1. The standard InChI is InChI=1S/C28H26N4O2S/c1-3-18-9-11-20(12-10-18)25-24(27-30-26(31-34-27)23-8-5-15-35-23)17(2)32(28(33)29-25)22-14-13-19-6-4-7-21(19)16-22/h5,8-16,25H,3-4,6-7H2,1-2H3,(H,29,33). The molecule has 0 bridgehead atoms. The van der Waals surface area contributed by atoms with Gasteiger partial charge in [0.1, 0.15) is 0 Å². The highest BCUT2D eigenvalue weighted by Gasteiger charge is 2.36. The zero-order chi connectivity index (χ0) is 23.9. The second-order valence-corrected chi connectivity index (χ2v) is 9.97. The fourth-order valence-corrected chi connectivity index (χ4v) is 5.71. The number of rotatable bonds is 5. The van der Waals surface area contributed by atoms with Crippen LogP contribution in [0.25, 0.3) is 16.3 Å². The van der Waals surface area contributed by atoms with Crippen molar-refractivity contribution in [3.63, 3.8) is 0 Å². The maximum atomic E-state index is 13.5. The van der Waals surface area contributed by atoms with E-state index in [9.17, 15) is 4.79 Å². The van der Waals surface area contributed by atoms with Gasteiger partial charge in [0.15, 0.2) is 0 Å². The maximum Gasteiger partial charge on any atom is 0.326 e. The number of aromatic nitrogens is 2. The summed E-state index contributed by atoms with van der Waals surface area (Å²) >= 11 is 1.57. The number of urea groups is 1. The van der Waals surface area contributed by atoms with E-state index in [1.54, 1.807) is 16.2 Å². The molecule has 4 aromatic rings. The van der Waals surface area contributed by atoms with Gasteiger partial charge in [-0.3, -0.25) is 4.90 Å². The fraction of sp³-hybridized carbons (Fsp3) is 0.250. The van der Waals surface area contributed by atoms with Gasteiger partial charge >= 0.3 is 6.03 Å². The Balaban J connectivity index is 1.48. The predicted octanol–water partition coefficient (Wildman–Crippen LogP) is 6.55. The van der Waals surface area contributed by atoms with Gasteiger partial charge in [0.2, 0.25) is 5.82 Å². The fourth-order valence-electron chi connectivity index (χ4n) is 5.06. The quantitative estimate of drug-likeness (QED) is 0.350. The highest BCUT2D eigenvalue weighted by atomic mass is 32.1. The molecule has 35 heavy (non-hydrogen) atoms. The summed E-state index contributed by atoms with van der Waals surface area (Å²) in [6.45, 7) is 4.09. The molecule has 2 amide bonds. The van der Waals surface area contributed by atoms with Crippen LogP contribution in [-0.4, -0.2) is 16.2 Å². The molecule has 1 unspecified atom stereocenters. The number of aryl methyl sites for hydroxylation is 3. The number of carbonyl (C=O) groups is 1. The lowest BCUT2D eigenvalue weighted by molar-refractivity contribution is 0.244. The zero-order valence-electron chi connectivity index (χ0n) is 19.7. The van der Waals surface area contributed by atoms with E-state index in [1.165, 1.54) is 16.7 Å². The van der Waals surface area contributed by atoms with Gasteiger partial charge in [0, 0.05) is 5.70 Å². The van der Waals surface area contributed by atoms with Gasteiger partial charge in [0.05, 0.1) is 22.2 Å². The summed E-state index contributed by atoms with van der Waals surface area (Å²) < 4.78 is 5.80. The first-order valence-corrected chi connectivity index (χ1v) is 12.9. The van der Waals surface area contributed by atoms with E-state index in [0.29, 0.717) is 11.7 Å². The lowest BCUT2D eigenvalue weighted by atomic mass is 9.93. The summed E-state index contributed by atoms with van der Waals surface area (Å²) in [6, 6.07) is 18.1. The zero-order valence-corrected chi connectivity index (χ0v) is 20.6. The minimum absolute atomic E-state index is 0.160. The van der Waals surface area contributed by atoms with Crippen LogP contribution in [0.2, 0.25) is 0 Å². The molecule has 0 spiro atoms. The Bertz CT molecular complexity index is 1420. The van der Waals surface area contributed by atoms with Crippen LogP contribution in [0.4, 0.5) is 10.5 Å². The van der Waals surface area contributed by atoms with Gasteiger partial charge in [-0.05, 0) is 78.4 Å². The maximum absolute atomic E-state index is 13.5. The molecule has 2 aromatic carbocycles. The highest BCUT2D eigenvalue weighted by molar-refractivity contribution is 7.13. The van der Waals surface area contributed by atoms with E-state index in [1.807, 2.05) is 30.5 Å². The lowest BCUT2D eigenvalue weighted by Gasteiger charge is -2.35. The predicted molar refractivity (Wildman–Crippen MR) is 138 cm³/mol. The minimum Gasteiger partial charge on any atom is -0.334 e. The van der Waals surface area contributed by atoms with Gasteiger partial charge in [-0.15, -0.1) is 11.3 Å². The molecular formula is C28H26N4O2S. The van der Waals surface area contributed by atoms with Crippen LogP contribution >= 0.6 is 11.3 Å². The minimum atomic E-state index is -0.393. The van der Waals surface area contributed by atoms with Gasteiger partial charge in [-0.25, -0.2) is 4.79 Å². The van der Waals surface area contributed by atoms with E-state index >= 15 is 0 Å². The molecule has 0 radical (unpaired) electrons. The van der Waals surface area contributed by atoms with Crippen LogP contribution in [0.15, 0.2) is 70.2 Å². The number of thiophene rings is 1. The average molecular weight is 483 g/mol. The molecule has 3 heterocycles. The summed E-state index contributed by atoms with van der Waals surface area (Å²) in [5.41, 5.74) is 7.38. The molecule has 1 atom stereocenters. The van der Waals surface area contributed by atoms with Crippen LogP contribution in [0.1, 0.15) is 54.5 Å². The monoisotopic (exact) mass is 482 g/mol. The largest absolute Gasteiger partial charge is 0.334 e. The molecule has 0 saturated carbocycles. The molecule has 6 rings (SSSR count). The SMILES string of the molecule is CCc1ccc(C2NC(=O)N(c3ccc4c(c3)CCC4)C(C)=C2c2nc(-c3cccs3)no2)cc1. The van der Waals surface area contributed by atoms with Crippen molar-refractivity contribution >= 4 is 28.6 Å². The molecule has 1 N–H and O–H groups in total. The van der Waals surface area contributed by atoms with E-state index < -0.39 is 6.04 Å². The van der Waals surface area contributed by atoms with Crippen LogP contribution < -0.4 is 10.2 Å². The third-order valence-electron chi connectivity index (χ3n) is 6.94. The van der Waals surface area contributed by atoms with E-state index in [-0.39, 0.29) is 6.03 Å². The molecule has 2 aromatic heterocycles. The van der Waals surface area contributed by atoms with Crippen molar-refractivity contribution in [1.82, 2.24) is 15.5 Å². The van der Waals surface area contributed by atoms with Crippen molar-refractivity contribution < 1.29 is 9.32 Å². The van der Waals surface area contributed by atoms with Crippen molar-refractivity contribution in [2.24, 2.45) is 0 Å². The van der Waals surface area contributed by atoms with Crippen LogP contribution in [-0.2, 0) is 19.3 Å². The van der Waals surface area contributed by atoms with Gasteiger partial charge in [-0.2, -0.15) is 4.98 Å². The molecule has 0 fully saturated rings. The second kappa shape index (κ2) is 8.82. The summed E-state index contributed by atoms with van der Waals surface area (Å²) in [4.78, 5) is 20.9. The number of anilines is 1. The molecule has 0 saturated heterocycles. The second-order valence-electron chi connectivity index (χ2n) is 9.02. The van der Waals surface area contributed by atoms with Crippen molar-refractivity contribution in [2.45, 2.75) is 45.6 Å². The smallest absolute Gasteiger partial charge is 0.326 e. The molecule has 6 nitrogen and oxygen atoms in total. The molecular weight excluding hydrogens is 456 g/mol. The third-order valence-corrected chi connectivity index (χ3v) is 7.81. The van der Waals surface area contributed by atoms with E-state index in [4.69, 9.17) is 9.51 Å². The lowest BCUT2D eigenvalue weighted by Crippen LogP contribution is -2.46. The Morgan fingerprint density at radius 3 is 2.71 bits per heavy atom. The Morgan fingerprint density at radius 1 is 1.11 bits per heavy atom. The van der Waals surface area contributed by atoms with Crippen molar-refractivity contribution in [2.75, 3.05) is 4.90 Å². The van der Waals surface area contributed by atoms with Gasteiger partial charge < -0.3 is 9.84 Å². The summed E-state index contributed by atoms with van der Waals surface area (Å²) in [6.07, 6.45) is 4.27. The average Bonchev–Trinajstić information content (AvgIpc) is 3.65. The number of fused-ring (bicyclic) bond motifs is 1. The first-order valence-electron chi connectivity index (χ1n) is 12.0. The Morgan fingerprint density at radius 2 is 1.94 bits per heavy atom. The molecule has 1 aliphatic carbocycles. The van der Waals surface area contributed by atoms with Crippen LogP contribution in [0.5, 0.6) is 0 Å². The van der Waals surface area contributed by atoms with E-state index in [0.717, 1.165) is 53.1 Å².